The van der Waals surface area contributed by atoms with Crippen LogP contribution in [-0.4, -0.2) is 42.2 Å². The van der Waals surface area contributed by atoms with Crippen LogP contribution in [0, 0.1) is 6.92 Å². The van der Waals surface area contributed by atoms with E-state index in [2.05, 4.69) is 5.32 Å². The SMILES string of the molecule is CCOc1c(/C=C2/SC(=O)N(CC(=O)Nc3ccc(C)cc3)C2=O)cccc1OC. The third kappa shape index (κ3) is 4.83. The highest BCUT2D eigenvalue weighted by Gasteiger charge is 2.36. The Bertz CT molecular complexity index is 1000. The number of hydrogen-bond donors (Lipinski definition) is 1. The van der Waals surface area contributed by atoms with E-state index in [0.717, 1.165) is 22.2 Å². The summed E-state index contributed by atoms with van der Waals surface area (Å²) in [5, 5.41) is 2.20. The fourth-order valence-electron chi connectivity index (χ4n) is 2.86. The number of amides is 3. The summed E-state index contributed by atoms with van der Waals surface area (Å²) in [5.74, 6) is 0.0573. The molecular formula is C22H22N2O5S. The number of ether oxygens (including phenoxy) is 2. The van der Waals surface area contributed by atoms with Gasteiger partial charge >= 0.3 is 0 Å². The van der Waals surface area contributed by atoms with Gasteiger partial charge in [0, 0.05) is 11.3 Å². The summed E-state index contributed by atoms with van der Waals surface area (Å²) in [6.45, 7) is 3.85. The molecule has 0 aromatic heterocycles. The summed E-state index contributed by atoms with van der Waals surface area (Å²) in [7, 11) is 1.53. The van der Waals surface area contributed by atoms with Crippen molar-refractivity contribution in [1.82, 2.24) is 4.90 Å². The van der Waals surface area contributed by atoms with Gasteiger partial charge in [0.15, 0.2) is 11.5 Å². The first kappa shape index (κ1) is 21.4. The predicted octanol–water partition coefficient (Wildman–Crippen LogP) is 4.08. The molecule has 0 unspecified atom stereocenters. The molecule has 0 radical (unpaired) electrons. The third-order valence-corrected chi connectivity index (χ3v) is 5.22. The number of carbonyl (C=O) groups excluding carboxylic acids is 3. The monoisotopic (exact) mass is 426 g/mol. The molecule has 2 aromatic carbocycles. The Morgan fingerprint density at radius 3 is 2.57 bits per heavy atom. The normalized spacial score (nSPS) is 14.9. The Balaban J connectivity index is 1.76. The first-order chi connectivity index (χ1) is 14.4. The summed E-state index contributed by atoms with van der Waals surface area (Å²) >= 11 is 0.789. The van der Waals surface area contributed by atoms with Crippen LogP contribution >= 0.6 is 11.8 Å². The highest BCUT2D eigenvalue weighted by atomic mass is 32.2. The van der Waals surface area contributed by atoms with E-state index < -0.39 is 17.1 Å². The van der Waals surface area contributed by atoms with E-state index in [0.29, 0.717) is 29.4 Å². The van der Waals surface area contributed by atoms with E-state index >= 15 is 0 Å². The molecule has 0 saturated carbocycles. The standard InChI is InChI=1S/C22H22N2O5S/c1-4-29-20-15(6-5-7-17(20)28-3)12-18-21(26)24(22(27)30-18)13-19(25)23-16-10-8-14(2)9-11-16/h5-12H,4,13H2,1-3H3,(H,23,25)/b18-12+. The number of rotatable bonds is 7. The summed E-state index contributed by atoms with van der Waals surface area (Å²) in [5.41, 5.74) is 2.28. The Morgan fingerprint density at radius 2 is 1.90 bits per heavy atom. The van der Waals surface area contributed by atoms with Crippen LogP contribution in [-0.2, 0) is 9.59 Å². The zero-order valence-corrected chi connectivity index (χ0v) is 17.7. The van der Waals surface area contributed by atoms with Crippen molar-refractivity contribution >= 4 is 40.6 Å². The largest absolute Gasteiger partial charge is 0.493 e. The first-order valence-electron chi connectivity index (χ1n) is 9.34. The van der Waals surface area contributed by atoms with Crippen LogP contribution in [0.25, 0.3) is 6.08 Å². The quantitative estimate of drug-likeness (QED) is 0.672. The number of thioether (sulfide) groups is 1. The van der Waals surface area contributed by atoms with Gasteiger partial charge in [-0.15, -0.1) is 0 Å². The number of benzene rings is 2. The van der Waals surface area contributed by atoms with Gasteiger partial charge in [-0.05, 0) is 49.9 Å². The number of aryl methyl sites for hydroxylation is 1. The molecule has 0 aliphatic carbocycles. The molecule has 30 heavy (non-hydrogen) atoms. The van der Waals surface area contributed by atoms with E-state index in [1.807, 2.05) is 26.0 Å². The number of methoxy groups -OCH3 is 1. The maximum Gasteiger partial charge on any atom is 0.294 e. The molecule has 3 amide bonds. The fraction of sp³-hybridized carbons (Fsp3) is 0.227. The van der Waals surface area contributed by atoms with Gasteiger partial charge in [-0.1, -0.05) is 29.8 Å². The van der Waals surface area contributed by atoms with Crippen LogP contribution in [0.3, 0.4) is 0 Å². The zero-order chi connectivity index (χ0) is 21.7. The molecule has 1 saturated heterocycles. The van der Waals surface area contributed by atoms with Crippen molar-refractivity contribution in [3.63, 3.8) is 0 Å². The second-order valence-electron chi connectivity index (χ2n) is 6.49. The van der Waals surface area contributed by atoms with Crippen LogP contribution in [0.5, 0.6) is 11.5 Å². The van der Waals surface area contributed by atoms with Crippen molar-refractivity contribution in [2.45, 2.75) is 13.8 Å². The molecule has 3 rings (SSSR count). The minimum atomic E-state index is -0.519. The fourth-order valence-corrected chi connectivity index (χ4v) is 3.69. The second-order valence-corrected chi connectivity index (χ2v) is 7.49. The molecule has 8 heteroatoms. The molecule has 1 heterocycles. The van der Waals surface area contributed by atoms with Crippen molar-refractivity contribution in [2.75, 3.05) is 25.6 Å². The van der Waals surface area contributed by atoms with Crippen molar-refractivity contribution in [2.24, 2.45) is 0 Å². The maximum atomic E-state index is 12.7. The molecule has 7 nitrogen and oxygen atoms in total. The molecule has 1 aliphatic heterocycles. The Kier molecular flexibility index (Phi) is 6.79. The lowest BCUT2D eigenvalue weighted by atomic mass is 10.1. The van der Waals surface area contributed by atoms with Gasteiger partial charge in [-0.25, -0.2) is 0 Å². The molecule has 1 fully saturated rings. The van der Waals surface area contributed by atoms with Crippen LogP contribution in [0.15, 0.2) is 47.4 Å². The number of anilines is 1. The molecule has 2 aromatic rings. The van der Waals surface area contributed by atoms with Crippen molar-refractivity contribution < 1.29 is 23.9 Å². The molecule has 1 aliphatic rings. The lowest BCUT2D eigenvalue weighted by Crippen LogP contribution is -2.36. The highest BCUT2D eigenvalue weighted by molar-refractivity contribution is 8.18. The number of nitrogens with zero attached hydrogens (tertiary/aromatic N) is 1. The van der Waals surface area contributed by atoms with Crippen molar-refractivity contribution in [3.05, 3.63) is 58.5 Å². The van der Waals surface area contributed by atoms with Crippen LogP contribution in [0.2, 0.25) is 0 Å². The smallest absolute Gasteiger partial charge is 0.294 e. The molecule has 156 valence electrons. The lowest BCUT2D eigenvalue weighted by Gasteiger charge is -2.13. The summed E-state index contributed by atoms with van der Waals surface area (Å²) < 4.78 is 11.0. The van der Waals surface area contributed by atoms with E-state index in [1.165, 1.54) is 7.11 Å². The summed E-state index contributed by atoms with van der Waals surface area (Å²) in [6, 6.07) is 12.5. The number of hydrogen-bond acceptors (Lipinski definition) is 6. The summed E-state index contributed by atoms with van der Waals surface area (Å²) in [6.07, 6.45) is 1.58. The molecule has 1 N–H and O–H groups in total. The minimum Gasteiger partial charge on any atom is -0.493 e. The molecule has 0 bridgehead atoms. The van der Waals surface area contributed by atoms with Crippen LogP contribution in [0.4, 0.5) is 10.5 Å². The highest BCUT2D eigenvalue weighted by Crippen LogP contribution is 2.37. The van der Waals surface area contributed by atoms with Gasteiger partial charge in [-0.2, -0.15) is 0 Å². The Morgan fingerprint density at radius 1 is 1.17 bits per heavy atom. The van der Waals surface area contributed by atoms with E-state index in [4.69, 9.17) is 9.47 Å². The topological polar surface area (TPSA) is 84.9 Å². The van der Waals surface area contributed by atoms with Gasteiger partial charge in [0.2, 0.25) is 5.91 Å². The third-order valence-electron chi connectivity index (χ3n) is 4.32. The Hall–Kier alpha value is -3.26. The molecular weight excluding hydrogens is 404 g/mol. The molecule has 0 spiro atoms. The number of imide groups is 1. The first-order valence-corrected chi connectivity index (χ1v) is 10.2. The van der Waals surface area contributed by atoms with Gasteiger partial charge < -0.3 is 14.8 Å². The Labute approximate surface area is 179 Å². The summed E-state index contributed by atoms with van der Waals surface area (Å²) in [4.78, 5) is 38.5. The van der Waals surface area contributed by atoms with Crippen molar-refractivity contribution in [3.8, 4) is 11.5 Å². The number of carbonyl (C=O) groups is 3. The van der Waals surface area contributed by atoms with Gasteiger partial charge in [0.25, 0.3) is 11.1 Å². The van der Waals surface area contributed by atoms with E-state index in [9.17, 15) is 14.4 Å². The van der Waals surface area contributed by atoms with Crippen molar-refractivity contribution in [1.29, 1.82) is 0 Å². The predicted molar refractivity (Wildman–Crippen MR) is 117 cm³/mol. The molecule has 0 atom stereocenters. The number of nitrogens with one attached hydrogen (secondary N) is 1. The van der Waals surface area contributed by atoms with E-state index in [1.54, 1.807) is 36.4 Å². The second kappa shape index (κ2) is 9.49. The van der Waals surface area contributed by atoms with Gasteiger partial charge in [-0.3, -0.25) is 19.3 Å². The zero-order valence-electron chi connectivity index (χ0n) is 16.9. The van der Waals surface area contributed by atoms with Gasteiger partial charge in [0.1, 0.15) is 6.54 Å². The average Bonchev–Trinajstić information content (AvgIpc) is 2.98. The van der Waals surface area contributed by atoms with E-state index in [-0.39, 0.29) is 11.4 Å². The van der Waals surface area contributed by atoms with Crippen LogP contribution < -0.4 is 14.8 Å². The maximum absolute atomic E-state index is 12.7. The number of para-hydroxylation sites is 1. The van der Waals surface area contributed by atoms with Gasteiger partial charge in [0.05, 0.1) is 18.6 Å². The minimum absolute atomic E-state index is 0.220. The lowest BCUT2D eigenvalue weighted by molar-refractivity contribution is -0.127. The average molecular weight is 426 g/mol. The van der Waals surface area contributed by atoms with Crippen LogP contribution in [0.1, 0.15) is 18.1 Å².